The van der Waals surface area contributed by atoms with E-state index in [1.54, 1.807) is 45.0 Å². The Bertz CT molecular complexity index is 1030. The van der Waals surface area contributed by atoms with E-state index in [1.807, 2.05) is 6.07 Å². The van der Waals surface area contributed by atoms with Crippen LogP contribution in [0.5, 0.6) is 0 Å². The number of aryl methyl sites for hydroxylation is 1. The predicted molar refractivity (Wildman–Crippen MR) is 99.9 cm³/mol. The molecule has 0 fully saturated rings. The average molecular weight is 370 g/mol. The molecule has 0 saturated heterocycles. The van der Waals surface area contributed by atoms with E-state index in [1.165, 1.54) is 10.9 Å². The van der Waals surface area contributed by atoms with Crippen LogP contribution in [0.15, 0.2) is 41.5 Å². The molecule has 1 aromatic carbocycles. The first-order valence-electron chi connectivity index (χ1n) is 8.16. The summed E-state index contributed by atoms with van der Waals surface area (Å²) in [6.07, 6.45) is 1.10. The highest BCUT2D eigenvalue weighted by Gasteiger charge is 2.21. The highest BCUT2D eigenvalue weighted by Crippen LogP contribution is 2.27. The molecule has 7 heteroatoms. The van der Waals surface area contributed by atoms with Gasteiger partial charge in [-0.1, -0.05) is 30.3 Å². The fraction of sp³-hybridized carbons (Fsp3) is 0.263. The van der Waals surface area contributed by atoms with E-state index in [0.717, 1.165) is 11.3 Å². The van der Waals surface area contributed by atoms with Gasteiger partial charge in [0.05, 0.1) is 24.4 Å². The number of carbonyl (C=O) groups is 2. The zero-order chi connectivity index (χ0) is 18.8. The lowest BCUT2D eigenvalue weighted by molar-refractivity contribution is 0.0383. The number of thiophene rings is 1. The average Bonchev–Trinajstić information content (AvgIpc) is 2.95. The summed E-state index contributed by atoms with van der Waals surface area (Å²) in [5, 5.41) is 0.356. The third-order valence-corrected chi connectivity index (χ3v) is 5.04. The van der Waals surface area contributed by atoms with Crippen LogP contribution in [0.2, 0.25) is 0 Å². The molecule has 0 saturated carbocycles. The first-order chi connectivity index (χ1) is 12.4. The van der Waals surface area contributed by atoms with E-state index in [-0.39, 0.29) is 24.0 Å². The summed E-state index contributed by atoms with van der Waals surface area (Å²) in [7, 11) is 0. The van der Waals surface area contributed by atoms with E-state index >= 15 is 0 Å². The molecular weight excluding hydrogens is 352 g/mol. The topological polar surface area (TPSA) is 78.3 Å². The number of carbonyl (C=O) groups excluding carboxylic acids is 2. The normalized spacial score (nSPS) is 11.1. The molecule has 0 atom stereocenters. The lowest BCUT2D eigenvalue weighted by Gasteiger charge is -2.06. The van der Waals surface area contributed by atoms with E-state index in [0.29, 0.717) is 26.2 Å². The minimum absolute atomic E-state index is 0.104. The van der Waals surface area contributed by atoms with Gasteiger partial charge in [-0.3, -0.25) is 14.2 Å². The monoisotopic (exact) mass is 370 g/mol. The molecule has 0 unspecified atom stereocenters. The van der Waals surface area contributed by atoms with Gasteiger partial charge in [0.15, 0.2) is 5.78 Å². The van der Waals surface area contributed by atoms with E-state index in [9.17, 15) is 14.4 Å². The molecule has 6 nitrogen and oxygen atoms in total. The molecule has 3 aromatic rings. The van der Waals surface area contributed by atoms with E-state index < -0.39 is 5.97 Å². The fourth-order valence-electron chi connectivity index (χ4n) is 2.60. The van der Waals surface area contributed by atoms with Gasteiger partial charge in [-0.15, -0.1) is 11.3 Å². The molecule has 0 bridgehead atoms. The molecule has 0 amide bonds. The maximum atomic E-state index is 12.8. The highest BCUT2D eigenvalue weighted by atomic mass is 32.1. The van der Waals surface area contributed by atoms with Crippen molar-refractivity contribution in [1.29, 1.82) is 0 Å². The van der Waals surface area contributed by atoms with Crippen molar-refractivity contribution in [3.63, 3.8) is 0 Å². The van der Waals surface area contributed by atoms with Crippen LogP contribution in [-0.2, 0) is 11.3 Å². The summed E-state index contributed by atoms with van der Waals surface area (Å²) in [5.41, 5.74) is 0.731. The number of ketones is 1. The minimum Gasteiger partial charge on any atom is -0.459 e. The first kappa shape index (κ1) is 18.0. The molecule has 0 radical (unpaired) electrons. The van der Waals surface area contributed by atoms with Gasteiger partial charge in [-0.25, -0.2) is 9.78 Å². The van der Waals surface area contributed by atoms with Crippen molar-refractivity contribution in [3.8, 4) is 0 Å². The molecule has 0 aliphatic carbocycles. The number of rotatable bonds is 5. The van der Waals surface area contributed by atoms with Crippen molar-refractivity contribution in [2.45, 2.75) is 33.4 Å². The fourth-order valence-corrected chi connectivity index (χ4v) is 3.63. The second kappa shape index (κ2) is 7.21. The number of aromatic nitrogens is 2. The summed E-state index contributed by atoms with van der Waals surface area (Å²) < 4.78 is 6.49. The maximum absolute atomic E-state index is 12.8. The number of fused-ring (bicyclic) bond motifs is 1. The third-order valence-electron chi connectivity index (χ3n) is 3.86. The smallest absolute Gasteiger partial charge is 0.348 e. The zero-order valence-corrected chi connectivity index (χ0v) is 15.5. The van der Waals surface area contributed by atoms with Crippen LogP contribution in [0.3, 0.4) is 0 Å². The Morgan fingerprint density at radius 1 is 1.23 bits per heavy atom. The van der Waals surface area contributed by atoms with Gasteiger partial charge in [0.1, 0.15) is 9.71 Å². The maximum Gasteiger partial charge on any atom is 0.348 e. The van der Waals surface area contributed by atoms with Crippen molar-refractivity contribution in [3.05, 3.63) is 63.0 Å². The molecule has 26 heavy (non-hydrogen) atoms. The Kier molecular flexibility index (Phi) is 4.99. The summed E-state index contributed by atoms with van der Waals surface area (Å²) in [6.45, 7) is 5.12. The molecule has 0 N–H and O–H groups in total. The molecule has 2 aromatic heterocycles. The van der Waals surface area contributed by atoms with Crippen molar-refractivity contribution in [1.82, 2.24) is 9.55 Å². The van der Waals surface area contributed by atoms with Gasteiger partial charge in [-0.2, -0.15) is 0 Å². The summed E-state index contributed by atoms with van der Waals surface area (Å²) in [6, 6.07) is 8.77. The zero-order valence-electron chi connectivity index (χ0n) is 14.7. The van der Waals surface area contributed by atoms with Gasteiger partial charge in [0.2, 0.25) is 0 Å². The quantitative estimate of drug-likeness (QED) is 0.509. The minimum atomic E-state index is -0.466. The van der Waals surface area contributed by atoms with Crippen molar-refractivity contribution >= 4 is 33.3 Å². The Balaban J connectivity index is 1.98. The second-order valence-electron chi connectivity index (χ2n) is 6.16. The van der Waals surface area contributed by atoms with Crippen molar-refractivity contribution < 1.29 is 14.3 Å². The first-order valence-corrected chi connectivity index (χ1v) is 8.98. The van der Waals surface area contributed by atoms with Crippen LogP contribution in [0, 0.1) is 6.92 Å². The van der Waals surface area contributed by atoms with Crippen LogP contribution in [0.1, 0.15) is 39.4 Å². The molecular formula is C19H18N2O4S. The second-order valence-corrected chi connectivity index (χ2v) is 7.16. The van der Waals surface area contributed by atoms with Gasteiger partial charge >= 0.3 is 5.97 Å². The molecule has 0 spiro atoms. The van der Waals surface area contributed by atoms with Gasteiger partial charge < -0.3 is 4.74 Å². The largest absolute Gasteiger partial charge is 0.459 e. The lowest BCUT2D eigenvalue weighted by Crippen LogP contribution is -2.24. The number of Topliss-reactive ketones (excluding diaryl/α,β-unsaturated/α-hetero) is 1. The Morgan fingerprint density at radius 2 is 1.92 bits per heavy atom. The van der Waals surface area contributed by atoms with Gasteiger partial charge in [0.25, 0.3) is 5.56 Å². The Hall–Kier alpha value is -2.80. The summed E-state index contributed by atoms with van der Waals surface area (Å²) in [5.74, 6) is -0.645. The molecule has 3 rings (SSSR count). The third kappa shape index (κ3) is 3.43. The molecule has 134 valence electrons. The number of nitrogens with zero attached hydrogens (tertiary/aromatic N) is 2. The van der Waals surface area contributed by atoms with Crippen LogP contribution in [0.25, 0.3) is 10.2 Å². The van der Waals surface area contributed by atoms with E-state index in [4.69, 9.17) is 4.74 Å². The number of esters is 1. The van der Waals surface area contributed by atoms with Crippen molar-refractivity contribution in [2.24, 2.45) is 0 Å². The SMILES string of the molecule is Cc1c(C(=O)OC(C)C)sc2ncn(CC(=O)c3ccccc3)c(=O)c12. The Labute approximate surface area is 154 Å². The summed E-state index contributed by atoms with van der Waals surface area (Å²) in [4.78, 5) is 42.4. The van der Waals surface area contributed by atoms with Crippen molar-refractivity contribution in [2.75, 3.05) is 0 Å². The van der Waals surface area contributed by atoms with E-state index in [2.05, 4.69) is 4.98 Å². The Morgan fingerprint density at radius 3 is 2.58 bits per heavy atom. The predicted octanol–water partition coefficient (Wildman–Crippen LogP) is 3.21. The number of hydrogen-bond acceptors (Lipinski definition) is 6. The van der Waals surface area contributed by atoms with Crippen LogP contribution < -0.4 is 5.56 Å². The van der Waals surface area contributed by atoms with Crippen LogP contribution >= 0.6 is 11.3 Å². The lowest BCUT2D eigenvalue weighted by atomic mass is 10.1. The molecule has 2 heterocycles. The standard InChI is InChI=1S/C19H18N2O4S/c1-11(2)25-19(24)16-12(3)15-17(26-16)20-10-21(18(15)23)9-14(22)13-7-5-4-6-8-13/h4-8,10-11H,9H2,1-3H3. The number of hydrogen-bond donors (Lipinski definition) is 0. The summed E-state index contributed by atoms with van der Waals surface area (Å²) >= 11 is 1.13. The highest BCUT2D eigenvalue weighted by molar-refractivity contribution is 7.20. The molecule has 0 aliphatic rings. The van der Waals surface area contributed by atoms with Gasteiger partial charge in [-0.05, 0) is 26.3 Å². The molecule has 0 aliphatic heterocycles. The number of benzene rings is 1. The number of ether oxygens (including phenoxy) is 1. The van der Waals surface area contributed by atoms with Gasteiger partial charge in [0, 0.05) is 5.56 Å². The van der Waals surface area contributed by atoms with Crippen LogP contribution in [-0.4, -0.2) is 27.4 Å². The van der Waals surface area contributed by atoms with Crippen LogP contribution in [0.4, 0.5) is 0 Å².